The molecule has 0 unspecified atom stereocenters. The van der Waals surface area contributed by atoms with Crippen molar-refractivity contribution < 1.29 is 35.4 Å². The lowest BCUT2D eigenvalue weighted by Gasteiger charge is -2.15. The Hall–Kier alpha value is -6.83. The van der Waals surface area contributed by atoms with E-state index in [1.165, 1.54) is 17.7 Å². The van der Waals surface area contributed by atoms with Gasteiger partial charge in [0.25, 0.3) is 0 Å². The summed E-state index contributed by atoms with van der Waals surface area (Å²) in [7, 11) is 0. The third-order valence-corrected chi connectivity index (χ3v) is 12.6. The van der Waals surface area contributed by atoms with Gasteiger partial charge < -0.3 is 21.3 Å². The van der Waals surface area contributed by atoms with Crippen LogP contribution in [0.2, 0.25) is 0 Å². The fraction of sp³-hybridized carbons (Fsp3) is 0.213. The van der Waals surface area contributed by atoms with Crippen molar-refractivity contribution in [1.82, 2.24) is 0 Å². The highest BCUT2D eigenvalue weighted by Gasteiger charge is 2.18. The zero-order chi connectivity index (χ0) is 54.0. The summed E-state index contributed by atoms with van der Waals surface area (Å²) in [5.41, 5.74) is 16.9. The van der Waals surface area contributed by atoms with Crippen molar-refractivity contribution in [3.05, 3.63) is 233 Å². The molecular formula is C61H64BrClF8N4. The molecule has 8 aromatic rings. The van der Waals surface area contributed by atoms with Gasteiger partial charge in [-0.2, -0.15) is 0 Å². The van der Waals surface area contributed by atoms with Crippen molar-refractivity contribution in [3.8, 4) is 0 Å². The first-order chi connectivity index (χ1) is 34.3. The van der Waals surface area contributed by atoms with E-state index in [0.717, 1.165) is 79.0 Å². The molecule has 4 N–H and O–H groups in total. The van der Waals surface area contributed by atoms with E-state index < -0.39 is 34.9 Å². The van der Waals surface area contributed by atoms with Gasteiger partial charge in [-0.25, -0.2) is 30.7 Å². The first kappa shape index (κ1) is 62.5. The summed E-state index contributed by atoms with van der Waals surface area (Å²) < 4.78 is 95.4. The van der Waals surface area contributed by atoms with Gasteiger partial charge in [0.1, 0.15) is 5.82 Å². The van der Waals surface area contributed by atoms with Crippen LogP contribution in [0.5, 0.6) is 0 Å². The predicted octanol–water partition coefficient (Wildman–Crippen LogP) is 20.0. The van der Waals surface area contributed by atoms with Crippen LogP contribution in [0.1, 0.15) is 72.3 Å². The summed E-state index contributed by atoms with van der Waals surface area (Å²) in [5, 5.41) is 12.2. The average molecular weight is 1120 g/mol. The maximum absolute atomic E-state index is 14.0. The van der Waals surface area contributed by atoms with Crippen molar-refractivity contribution in [3.63, 3.8) is 0 Å². The maximum atomic E-state index is 14.0. The fourth-order valence-electron chi connectivity index (χ4n) is 7.83. The molecule has 0 fully saturated rings. The monoisotopic (exact) mass is 1120 g/mol. The molecule has 0 aliphatic carbocycles. The van der Waals surface area contributed by atoms with Gasteiger partial charge in [0, 0.05) is 28.4 Å². The number of halogens is 10. The van der Waals surface area contributed by atoms with Gasteiger partial charge in [0.2, 0.25) is 0 Å². The third-order valence-electron chi connectivity index (χ3n) is 12.0. The van der Waals surface area contributed by atoms with Gasteiger partial charge in [0.15, 0.2) is 34.9 Å². The van der Waals surface area contributed by atoms with Gasteiger partial charge in [0.05, 0.1) is 21.5 Å². The van der Waals surface area contributed by atoms with Crippen LogP contribution in [-0.4, -0.2) is 0 Å². The molecule has 0 saturated heterocycles. The summed E-state index contributed by atoms with van der Waals surface area (Å²) in [6.07, 6.45) is 0. The first-order valence-electron chi connectivity index (χ1n) is 23.5. The van der Waals surface area contributed by atoms with Crippen LogP contribution in [0.3, 0.4) is 0 Å². The van der Waals surface area contributed by atoms with Gasteiger partial charge >= 0.3 is 0 Å². The molecular weight excluding hydrogens is 1060 g/mol. The molecule has 0 bridgehead atoms. The van der Waals surface area contributed by atoms with Crippen LogP contribution in [0.15, 0.2) is 120 Å². The fourth-order valence-corrected chi connectivity index (χ4v) is 8.35. The molecule has 0 heterocycles. The lowest BCUT2D eigenvalue weighted by Crippen LogP contribution is -2.02. The zero-order valence-electron chi connectivity index (χ0n) is 44.3. The third kappa shape index (κ3) is 16.6. The van der Waals surface area contributed by atoms with E-state index in [4.69, 9.17) is 0 Å². The van der Waals surface area contributed by atoms with E-state index in [0.29, 0.717) is 22.3 Å². The van der Waals surface area contributed by atoms with Crippen LogP contribution < -0.4 is 21.3 Å². The molecule has 0 aliphatic rings. The first-order valence-corrected chi connectivity index (χ1v) is 24.3. The zero-order valence-corrected chi connectivity index (χ0v) is 46.7. The highest BCUT2D eigenvalue weighted by Crippen LogP contribution is 2.33. The molecule has 398 valence electrons. The Bertz CT molecular complexity index is 3180. The van der Waals surface area contributed by atoms with Crippen molar-refractivity contribution in [2.45, 2.75) is 90.0 Å². The summed E-state index contributed by atoms with van der Waals surface area (Å²) in [5.74, 6) is -5.26. The topological polar surface area (TPSA) is 48.1 Å². The Morgan fingerprint density at radius 1 is 0.293 bits per heavy atom. The molecule has 0 atom stereocenters. The second-order valence-electron chi connectivity index (χ2n) is 18.5. The molecule has 0 aliphatic heterocycles. The average Bonchev–Trinajstić information content (AvgIpc) is 3.32. The van der Waals surface area contributed by atoms with Crippen LogP contribution in [0.25, 0.3) is 0 Å². The molecule has 0 aromatic heterocycles. The SMILES string of the molecule is Cc1ccc(Nc2c(C)cc(Br)c(F)c2F)c(C)c1.Cc1ccc(Nc2c(C)cc(C)c(F)c2F)c(C)c1.Cc1ccc(Nc2c(C)ccc(F)c2F)c(C)c1.Cc1ccc(Nc2cc(F)ccc2C)c(C)c1.Cl.F. The molecule has 0 spiro atoms. The standard InChI is InChI=1S/C16H17F2N.C15H14BrF2N.C15H15F2N.C15H16FN.ClH.FH/c1-9-5-6-13(10(2)7-9)19-16-12(4)8-11(3)14(17)15(16)18;1-8-4-5-12(9(2)6-8)19-15-10(3)7-11(16)13(17)14(15)18;1-9-4-7-13(11(3)8-9)18-15-10(2)5-6-12(16)14(15)17;1-10-4-7-14(12(3)8-10)17-15-9-13(16)6-5-11(15)2;;/h5-8,19H,1-4H3;4-7,19H,1-3H3;4-8,18H,1-3H3;4-9,17H,1-3H3;2*1H. The van der Waals surface area contributed by atoms with E-state index in [2.05, 4.69) is 50.2 Å². The second kappa shape index (κ2) is 27.6. The Labute approximate surface area is 451 Å². The summed E-state index contributed by atoms with van der Waals surface area (Å²) >= 11 is 3.00. The molecule has 8 aromatic carbocycles. The Balaban J connectivity index is 0.000000261. The predicted molar refractivity (Wildman–Crippen MR) is 303 cm³/mol. The molecule has 0 radical (unpaired) electrons. The van der Waals surface area contributed by atoms with Crippen molar-refractivity contribution in [2.24, 2.45) is 0 Å². The minimum absolute atomic E-state index is 0. The van der Waals surface area contributed by atoms with Gasteiger partial charge in [-0.15, -0.1) is 12.4 Å². The van der Waals surface area contributed by atoms with E-state index in [1.54, 1.807) is 52.0 Å². The highest BCUT2D eigenvalue weighted by atomic mass is 79.9. The lowest BCUT2D eigenvalue weighted by atomic mass is 10.1. The number of anilines is 8. The lowest BCUT2D eigenvalue weighted by molar-refractivity contribution is 0.505. The molecule has 4 nitrogen and oxygen atoms in total. The summed E-state index contributed by atoms with van der Waals surface area (Å²) in [4.78, 5) is 0. The molecule has 0 saturated carbocycles. The number of benzene rings is 8. The van der Waals surface area contributed by atoms with E-state index in [-0.39, 0.29) is 44.5 Å². The van der Waals surface area contributed by atoms with Gasteiger partial charge in [-0.05, 0) is 205 Å². The Kier molecular flexibility index (Phi) is 23.0. The van der Waals surface area contributed by atoms with Gasteiger partial charge in [-0.3, -0.25) is 4.70 Å². The van der Waals surface area contributed by atoms with Crippen LogP contribution in [0, 0.1) is 131 Å². The number of hydrogen-bond donors (Lipinski definition) is 4. The number of hydrogen-bond acceptors (Lipinski definition) is 4. The summed E-state index contributed by atoms with van der Waals surface area (Å²) in [6, 6.07) is 34.2. The number of aryl methyl sites for hydroxylation is 13. The highest BCUT2D eigenvalue weighted by molar-refractivity contribution is 9.10. The van der Waals surface area contributed by atoms with Crippen molar-refractivity contribution in [2.75, 3.05) is 21.3 Å². The number of rotatable bonds is 8. The van der Waals surface area contributed by atoms with E-state index in [1.807, 2.05) is 122 Å². The minimum Gasteiger partial charge on any atom is -0.355 e. The minimum atomic E-state index is -0.877. The quantitative estimate of drug-likeness (QED) is 0.0905. The largest absolute Gasteiger partial charge is 0.355 e. The second-order valence-corrected chi connectivity index (χ2v) is 19.3. The van der Waals surface area contributed by atoms with E-state index >= 15 is 0 Å². The molecule has 8 rings (SSSR count). The Morgan fingerprint density at radius 2 is 0.653 bits per heavy atom. The van der Waals surface area contributed by atoms with Crippen LogP contribution in [-0.2, 0) is 0 Å². The Morgan fingerprint density at radius 3 is 1.07 bits per heavy atom. The number of nitrogens with one attached hydrogen (secondary N) is 4. The molecule has 0 amide bonds. The van der Waals surface area contributed by atoms with Gasteiger partial charge in [-0.1, -0.05) is 89.0 Å². The van der Waals surface area contributed by atoms with Crippen LogP contribution in [0.4, 0.5) is 80.9 Å². The maximum Gasteiger partial charge on any atom is 0.183 e. The molecule has 14 heteroatoms. The van der Waals surface area contributed by atoms with E-state index in [9.17, 15) is 30.7 Å². The summed E-state index contributed by atoms with van der Waals surface area (Å²) in [6.45, 7) is 24.6. The smallest absolute Gasteiger partial charge is 0.183 e. The van der Waals surface area contributed by atoms with Crippen LogP contribution >= 0.6 is 28.3 Å². The van der Waals surface area contributed by atoms with Crippen molar-refractivity contribution in [1.29, 1.82) is 0 Å². The normalized spacial score (nSPS) is 10.3. The molecule has 75 heavy (non-hydrogen) atoms. The van der Waals surface area contributed by atoms with Crippen molar-refractivity contribution >= 4 is 73.8 Å².